The molecule has 96 valence electrons. The number of aromatic nitrogens is 4. The molecule has 0 aliphatic rings. The molecule has 0 fully saturated rings. The van der Waals surface area contributed by atoms with E-state index in [1.165, 1.54) is 0 Å². The van der Waals surface area contributed by atoms with Gasteiger partial charge in [0.05, 0.1) is 5.69 Å². The first-order valence-corrected chi connectivity index (χ1v) is 5.86. The summed E-state index contributed by atoms with van der Waals surface area (Å²) in [7, 11) is 1.63. The summed E-state index contributed by atoms with van der Waals surface area (Å²) in [6.45, 7) is 5.16. The molecule has 0 saturated heterocycles. The maximum absolute atomic E-state index is 5.07. The Balaban J connectivity index is 2.39. The molecule has 2 aromatic heterocycles. The van der Waals surface area contributed by atoms with Gasteiger partial charge in [-0.2, -0.15) is 5.10 Å². The van der Waals surface area contributed by atoms with E-state index >= 15 is 0 Å². The Bertz CT molecular complexity index is 499. The predicted molar refractivity (Wildman–Crippen MR) is 68.8 cm³/mol. The lowest BCUT2D eigenvalue weighted by atomic mass is 10.4. The first-order valence-electron chi connectivity index (χ1n) is 5.86. The van der Waals surface area contributed by atoms with Crippen LogP contribution in [0.15, 0.2) is 18.3 Å². The molecule has 0 saturated carbocycles. The van der Waals surface area contributed by atoms with Gasteiger partial charge in [-0.15, -0.1) is 0 Å². The van der Waals surface area contributed by atoms with Crippen molar-refractivity contribution < 1.29 is 4.74 Å². The van der Waals surface area contributed by atoms with Crippen molar-refractivity contribution in [3.05, 3.63) is 29.8 Å². The van der Waals surface area contributed by atoms with Crippen molar-refractivity contribution >= 4 is 5.82 Å². The summed E-state index contributed by atoms with van der Waals surface area (Å²) < 4.78 is 6.81. The van der Waals surface area contributed by atoms with Crippen LogP contribution in [0.5, 0.6) is 0 Å². The highest BCUT2D eigenvalue weighted by Gasteiger charge is 2.06. The van der Waals surface area contributed by atoms with Crippen LogP contribution in [0.2, 0.25) is 0 Å². The second-order valence-corrected chi connectivity index (χ2v) is 3.89. The number of hydrogen-bond donors (Lipinski definition) is 1. The van der Waals surface area contributed by atoms with E-state index < -0.39 is 0 Å². The Morgan fingerprint density at radius 2 is 2.22 bits per heavy atom. The Hall–Kier alpha value is -1.95. The van der Waals surface area contributed by atoms with Crippen LogP contribution in [-0.2, 0) is 11.3 Å². The average Bonchev–Trinajstić information content (AvgIpc) is 2.76. The van der Waals surface area contributed by atoms with E-state index in [2.05, 4.69) is 20.4 Å². The third kappa shape index (κ3) is 2.84. The molecule has 0 bridgehead atoms. The van der Waals surface area contributed by atoms with Gasteiger partial charge in [0.25, 0.3) is 0 Å². The fourth-order valence-electron chi connectivity index (χ4n) is 1.61. The van der Waals surface area contributed by atoms with Crippen molar-refractivity contribution in [3.8, 4) is 5.82 Å². The monoisotopic (exact) mass is 247 g/mol. The standard InChI is InChI=1S/C12H17N5O/c1-4-13-10-7-12(15-11(14-10)8-18-3)17-6-5-9(2)16-17/h5-7H,4,8H2,1-3H3,(H,13,14,15). The van der Waals surface area contributed by atoms with Crippen LogP contribution in [0.4, 0.5) is 5.82 Å². The highest BCUT2D eigenvalue weighted by Crippen LogP contribution is 2.11. The van der Waals surface area contributed by atoms with Gasteiger partial charge in [-0.3, -0.25) is 0 Å². The van der Waals surface area contributed by atoms with Crippen LogP contribution >= 0.6 is 0 Å². The molecule has 0 spiro atoms. The van der Waals surface area contributed by atoms with Crippen molar-refractivity contribution in [2.75, 3.05) is 19.0 Å². The van der Waals surface area contributed by atoms with Crippen molar-refractivity contribution in [2.45, 2.75) is 20.5 Å². The molecular formula is C12H17N5O. The molecule has 0 unspecified atom stereocenters. The molecule has 0 atom stereocenters. The van der Waals surface area contributed by atoms with Gasteiger partial charge in [0.1, 0.15) is 12.4 Å². The molecule has 2 heterocycles. The molecule has 2 aromatic rings. The number of methoxy groups -OCH3 is 1. The topological polar surface area (TPSA) is 64.9 Å². The quantitative estimate of drug-likeness (QED) is 0.868. The van der Waals surface area contributed by atoms with Gasteiger partial charge in [-0.1, -0.05) is 0 Å². The van der Waals surface area contributed by atoms with E-state index in [1.54, 1.807) is 11.8 Å². The molecule has 0 radical (unpaired) electrons. The number of nitrogens with one attached hydrogen (secondary N) is 1. The minimum Gasteiger partial charge on any atom is -0.377 e. The van der Waals surface area contributed by atoms with Gasteiger partial charge in [-0.05, 0) is 19.9 Å². The molecule has 1 N–H and O–H groups in total. The largest absolute Gasteiger partial charge is 0.377 e. The van der Waals surface area contributed by atoms with Crippen molar-refractivity contribution in [2.24, 2.45) is 0 Å². The number of hydrogen-bond acceptors (Lipinski definition) is 5. The van der Waals surface area contributed by atoms with Crippen LogP contribution in [0.3, 0.4) is 0 Å². The minimum atomic E-state index is 0.381. The first kappa shape index (κ1) is 12.5. The summed E-state index contributed by atoms with van der Waals surface area (Å²) in [6, 6.07) is 3.81. The third-order valence-corrected chi connectivity index (χ3v) is 2.35. The summed E-state index contributed by atoms with van der Waals surface area (Å²) in [4.78, 5) is 8.77. The predicted octanol–water partition coefficient (Wildman–Crippen LogP) is 1.55. The number of nitrogens with zero attached hydrogens (tertiary/aromatic N) is 4. The lowest BCUT2D eigenvalue weighted by Crippen LogP contribution is -2.08. The minimum absolute atomic E-state index is 0.381. The third-order valence-electron chi connectivity index (χ3n) is 2.35. The molecule has 0 aromatic carbocycles. The van der Waals surface area contributed by atoms with E-state index in [0.29, 0.717) is 12.4 Å². The molecule has 18 heavy (non-hydrogen) atoms. The zero-order valence-corrected chi connectivity index (χ0v) is 10.8. The molecule has 0 aliphatic heterocycles. The van der Waals surface area contributed by atoms with E-state index in [-0.39, 0.29) is 0 Å². The van der Waals surface area contributed by atoms with Gasteiger partial charge < -0.3 is 10.1 Å². The second kappa shape index (κ2) is 5.59. The van der Waals surface area contributed by atoms with E-state index in [9.17, 15) is 0 Å². The summed E-state index contributed by atoms with van der Waals surface area (Å²) >= 11 is 0. The van der Waals surface area contributed by atoms with Gasteiger partial charge in [0, 0.05) is 25.9 Å². The maximum atomic E-state index is 5.07. The van der Waals surface area contributed by atoms with Gasteiger partial charge in [0.15, 0.2) is 11.6 Å². The van der Waals surface area contributed by atoms with Crippen LogP contribution in [-0.4, -0.2) is 33.4 Å². The fraction of sp³-hybridized carbons (Fsp3) is 0.417. The number of rotatable bonds is 5. The Morgan fingerprint density at radius 3 is 2.83 bits per heavy atom. The van der Waals surface area contributed by atoms with E-state index in [0.717, 1.165) is 23.9 Å². The van der Waals surface area contributed by atoms with Crippen LogP contribution in [0.25, 0.3) is 5.82 Å². The molecule has 6 heteroatoms. The van der Waals surface area contributed by atoms with Gasteiger partial charge in [-0.25, -0.2) is 14.6 Å². The summed E-state index contributed by atoms with van der Waals surface area (Å²) in [5.74, 6) is 2.16. The number of anilines is 1. The number of ether oxygens (including phenoxy) is 1. The van der Waals surface area contributed by atoms with E-state index in [1.807, 2.05) is 32.2 Å². The van der Waals surface area contributed by atoms with Crippen molar-refractivity contribution in [3.63, 3.8) is 0 Å². The zero-order valence-electron chi connectivity index (χ0n) is 10.8. The molecule has 0 aliphatic carbocycles. The van der Waals surface area contributed by atoms with Crippen molar-refractivity contribution in [1.82, 2.24) is 19.7 Å². The summed E-state index contributed by atoms with van der Waals surface area (Å²) in [5, 5.41) is 7.52. The highest BCUT2D eigenvalue weighted by molar-refractivity contribution is 5.41. The van der Waals surface area contributed by atoms with Gasteiger partial charge >= 0.3 is 0 Å². The molecule has 0 amide bonds. The van der Waals surface area contributed by atoms with Crippen molar-refractivity contribution in [1.29, 1.82) is 0 Å². The normalized spacial score (nSPS) is 10.6. The highest BCUT2D eigenvalue weighted by atomic mass is 16.5. The fourth-order valence-corrected chi connectivity index (χ4v) is 1.61. The van der Waals surface area contributed by atoms with Gasteiger partial charge in [0.2, 0.25) is 0 Å². The maximum Gasteiger partial charge on any atom is 0.159 e. The second-order valence-electron chi connectivity index (χ2n) is 3.89. The number of aryl methyl sites for hydroxylation is 1. The lowest BCUT2D eigenvalue weighted by Gasteiger charge is -2.08. The SMILES string of the molecule is CCNc1cc(-n2ccc(C)n2)nc(COC)n1. The molecular weight excluding hydrogens is 230 g/mol. The van der Waals surface area contributed by atoms with Crippen LogP contribution in [0, 0.1) is 6.92 Å². The first-order chi connectivity index (χ1) is 8.72. The Labute approximate surface area is 106 Å². The lowest BCUT2D eigenvalue weighted by molar-refractivity contribution is 0.178. The average molecular weight is 247 g/mol. The van der Waals surface area contributed by atoms with Crippen LogP contribution < -0.4 is 5.32 Å². The van der Waals surface area contributed by atoms with Crippen LogP contribution in [0.1, 0.15) is 18.4 Å². The van der Waals surface area contributed by atoms with E-state index in [4.69, 9.17) is 4.74 Å². The summed E-state index contributed by atoms with van der Waals surface area (Å²) in [6.07, 6.45) is 1.88. The Kier molecular flexibility index (Phi) is 3.88. The smallest absolute Gasteiger partial charge is 0.159 e. The summed E-state index contributed by atoms with van der Waals surface area (Å²) in [5.41, 5.74) is 0.951. The zero-order chi connectivity index (χ0) is 13.0. The molecule has 6 nitrogen and oxygen atoms in total. The molecule has 2 rings (SSSR count). The Morgan fingerprint density at radius 1 is 1.39 bits per heavy atom.